The van der Waals surface area contributed by atoms with Crippen LogP contribution in [0.3, 0.4) is 0 Å². The maximum absolute atomic E-state index is 2.45. The smallest absolute Gasteiger partial charge is 0.0725 e. The highest BCUT2D eigenvalue weighted by Crippen LogP contribution is 2.63. The van der Waals surface area contributed by atoms with Crippen LogP contribution in [-0.4, -0.2) is 0 Å². The first-order chi connectivity index (χ1) is 30.8. The number of fused-ring (bicyclic) bond motifs is 10. The molecule has 290 valence electrons. The minimum atomic E-state index is -0.365. The Bertz CT molecular complexity index is 3130. The standard InChI is InChI=1S/C61H41N/c1-4-16-42(17-5-1)44-28-33-48(34-29-44)62(49-35-30-45(31-36-49)43-18-6-2-7-19-43)50-37-38-51(55(41-50)46-20-8-3-9-21-46)47-32-39-60-56(40-47)54-24-12-15-27-59(54)61(60)57-25-13-10-22-52(57)53-23-11-14-26-58(53)61/h1-41H. The van der Waals surface area contributed by atoms with Gasteiger partial charge in [0.2, 0.25) is 0 Å². The Balaban J connectivity index is 1.02. The van der Waals surface area contributed by atoms with Crippen molar-refractivity contribution in [3.8, 4) is 66.8 Å². The molecule has 0 aliphatic heterocycles. The predicted molar refractivity (Wildman–Crippen MR) is 259 cm³/mol. The maximum Gasteiger partial charge on any atom is 0.0725 e. The molecule has 0 bridgehead atoms. The molecule has 0 amide bonds. The summed E-state index contributed by atoms with van der Waals surface area (Å²) in [7, 11) is 0. The normalized spacial score (nSPS) is 12.6. The summed E-state index contributed by atoms with van der Waals surface area (Å²) >= 11 is 0. The van der Waals surface area contributed by atoms with Gasteiger partial charge < -0.3 is 4.90 Å². The van der Waals surface area contributed by atoms with Crippen LogP contribution in [0.2, 0.25) is 0 Å². The van der Waals surface area contributed by atoms with E-state index in [0.29, 0.717) is 0 Å². The van der Waals surface area contributed by atoms with Crippen molar-refractivity contribution in [1.29, 1.82) is 0 Å². The second-order valence-electron chi connectivity index (χ2n) is 16.4. The summed E-state index contributed by atoms with van der Waals surface area (Å²) in [5, 5.41) is 0. The molecule has 1 spiro atoms. The van der Waals surface area contributed by atoms with E-state index in [4.69, 9.17) is 0 Å². The van der Waals surface area contributed by atoms with Crippen LogP contribution in [0, 0.1) is 0 Å². The van der Waals surface area contributed by atoms with E-state index in [0.717, 1.165) is 17.1 Å². The maximum atomic E-state index is 2.45. The van der Waals surface area contributed by atoms with Gasteiger partial charge in [-0.25, -0.2) is 0 Å². The average molecular weight is 788 g/mol. The third-order valence-corrected chi connectivity index (χ3v) is 13.1. The van der Waals surface area contributed by atoms with Gasteiger partial charge in [-0.05, 0) is 131 Å². The quantitative estimate of drug-likeness (QED) is 0.155. The lowest BCUT2D eigenvalue weighted by Crippen LogP contribution is -2.25. The van der Waals surface area contributed by atoms with Crippen molar-refractivity contribution in [3.05, 3.63) is 271 Å². The SMILES string of the molecule is c1ccc(-c2ccc(N(c3ccc(-c4ccccc4)cc3)c3ccc(-c4ccc5c(c4)-c4ccccc4C54c5ccccc5-c5ccccc54)c(-c4ccccc4)c3)cc2)cc1. The highest BCUT2D eigenvalue weighted by Gasteiger charge is 2.51. The fourth-order valence-corrected chi connectivity index (χ4v) is 10.4. The van der Waals surface area contributed by atoms with E-state index < -0.39 is 0 Å². The highest BCUT2D eigenvalue weighted by molar-refractivity contribution is 5.97. The molecule has 1 heteroatoms. The molecule has 0 N–H and O–H groups in total. The number of nitrogens with zero attached hydrogens (tertiary/aromatic N) is 1. The second-order valence-corrected chi connectivity index (χ2v) is 16.4. The lowest BCUT2D eigenvalue weighted by atomic mass is 9.70. The predicted octanol–water partition coefficient (Wildman–Crippen LogP) is 16.2. The van der Waals surface area contributed by atoms with Gasteiger partial charge >= 0.3 is 0 Å². The van der Waals surface area contributed by atoms with Crippen LogP contribution in [0.25, 0.3) is 66.8 Å². The number of hydrogen-bond acceptors (Lipinski definition) is 1. The molecule has 0 saturated carbocycles. The number of hydrogen-bond donors (Lipinski definition) is 0. The third-order valence-electron chi connectivity index (χ3n) is 13.1. The van der Waals surface area contributed by atoms with E-state index in [1.807, 2.05) is 0 Å². The fourth-order valence-electron chi connectivity index (χ4n) is 10.4. The molecule has 0 radical (unpaired) electrons. The van der Waals surface area contributed by atoms with E-state index in [-0.39, 0.29) is 5.41 Å². The van der Waals surface area contributed by atoms with E-state index in [1.54, 1.807) is 0 Å². The Kier molecular flexibility index (Phi) is 8.47. The van der Waals surface area contributed by atoms with Crippen LogP contribution < -0.4 is 4.90 Å². The Morgan fingerprint density at radius 3 is 1.08 bits per heavy atom. The lowest BCUT2D eigenvalue weighted by molar-refractivity contribution is 0.794. The molecule has 10 aromatic carbocycles. The third kappa shape index (κ3) is 5.63. The van der Waals surface area contributed by atoms with Crippen LogP contribution >= 0.6 is 0 Å². The molecule has 0 heterocycles. The van der Waals surface area contributed by atoms with Gasteiger partial charge in [0, 0.05) is 17.1 Å². The topological polar surface area (TPSA) is 3.24 Å². The zero-order chi connectivity index (χ0) is 41.0. The van der Waals surface area contributed by atoms with Crippen LogP contribution in [0.5, 0.6) is 0 Å². The molecule has 2 aliphatic carbocycles. The van der Waals surface area contributed by atoms with E-state index in [9.17, 15) is 0 Å². The summed E-state index contributed by atoms with van der Waals surface area (Å²) < 4.78 is 0. The first kappa shape index (κ1) is 35.9. The summed E-state index contributed by atoms with van der Waals surface area (Å²) in [5.41, 5.74) is 23.2. The average Bonchev–Trinajstić information content (AvgIpc) is 3.82. The molecule has 0 saturated heterocycles. The lowest BCUT2D eigenvalue weighted by Gasteiger charge is -2.30. The van der Waals surface area contributed by atoms with Gasteiger partial charge in [0.15, 0.2) is 0 Å². The first-order valence-corrected chi connectivity index (χ1v) is 21.5. The van der Waals surface area contributed by atoms with Crippen LogP contribution in [-0.2, 0) is 5.41 Å². The molecule has 12 rings (SSSR count). The molecule has 2 aliphatic rings. The van der Waals surface area contributed by atoms with Gasteiger partial charge in [0.05, 0.1) is 5.41 Å². The molecule has 10 aromatic rings. The Labute approximate surface area is 363 Å². The largest absolute Gasteiger partial charge is 0.310 e. The molecule has 0 fully saturated rings. The van der Waals surface area contributed by atoms with Gasteiger partial charge in [-0.2, -0.15) is 0 Å². The Hall–Kier alpha value is -8.00. The summed E-state index contributed by atoms with van der Waals surface area (Å²) in [4.78, 5) is 2.39. The summed E-state index contributed by atoms with van der Waals surface area (Å²) in [6.45, 7) is 0. The molecule has 0 atom stereocenters. The molecule has 1 nitrogen and oxygen atoms in total. The first-order valence-electron chi connectivity index (χ1n) is 21.5. The Morgan fingerprint density at radius 1 is 0.210 bits per heavy atom. The molecular weight excluding hydrogens is 747 g/mol. The second kappa shape index (κ2) is 14.6. The fraction of sp³-hybridized carbons (Fsp3) is 0.0164. The summed E-state index contributed by atoms with van der Waals surface area (Å²) in [6, 6.07) is 91.4. The van der Waals surface area contributed by atoms with Crippen molar-refractivity contribution in [3.63, 3.8) is 0 Å². The van der Waals surface area contributed by atoms with Crippen molar-refractivity contribution >= 4 is 17.1 Å². The van der Waals surface area contributed by atoms with Gasteiger partial charge in [-0.15, -0.1) is 0 Å². The van der Waals surface area contributed by atoms with E-state index >= 15 is 0 Å². The van der Waals surface area contributed by atoms with Crippen LogP contribution in [0.15, 0.2) is 249 Å². The van der Waals surface area contributed by atoms with Crippen LogP contribution in [0.1, 0.15) is 22.3 Å². The van der Waals surface area contributed by atoms with Crippen molar-refractivity contribution in [1.82, 2.24) is 0 Å². The monoisotopic (exact) mass is 787 g/mol. The molecule has 0 unspecified atom stereocenters. The van der Waals surface area contributed by atoms with E-state index in [1.165, 1.54) is 89.0 Å². The van der Waals surface area contributed by atoms with Gasteiger partial charge in [0.25, 0.3) is 0 Å². The van der Waals surface area contributed by atoms with Gasteiger partial charge in [-0.1, -0.05) is 206 Å². The Morgan fingerprint density at radius 2 is 0.581 bits per heavy atom. The van der Waals surface area contributed by atoms with Crippen LogP contribution in [0.4, 0.5) is 17.1 Å². The summed E-state index contributed by atoms with van der Waals surface area (Å²) in [6.07, 6.45) is 0. The molecule has 0 aromatic heterocycles. The minimum Gasteiger partial charge on any atom is -0.310 e. The molecular formula is C61H41N. The van der Waals surface area contributed by atoms with Gasteiger partial charge in [0.1, 0.15) is 0 Å². The van der Waals surface area contributed by atoms with Crippen molar-refractivity contribution in [2.75, 3.05) is 4.90 Å². The zero-order valence-electron chi connectivity index (χ0n) is 34.1. The van der Waals surface area contributed by atoms with Crippen molar-refractivity contribution < 1.29 is 0 Å². The number of anilines is 3. The zero-order valence-corrected chi connectivity index (χ0v) is 34.1. The van der Waals surface area contributed by atoms with Crippen molar-refractivity contribution in [2.24, 2.45) is 0 Å². The minimum absolute atomic E-state index is 0.365. The number of rotatable bonds is 7. The highest BCUT2D eigenvalue weighted by atomic mass is 15.1. The van der Waals surface area contributed by atoms with Crippen molar-refractivity contribution in [2.45, 2.75) is 5.41 Å². The molecule has 62 heavy (non-hydrogen) atoms. The number of benzene rings is 10. The van der Waals surface area contributed by atoms with Gasteiger partial charge in [-0.3, -0.25) is 0 Å². The summed E-state index contributed by atoms with van der Waals surface area (Å²) in [5.74, 6) is 0. The van der Waals surface area contributed by atoms with E-state index in [2.05, 4.69) is 254 Å².